The van der Waals surface area contributed by atoms with Crippen molar-refractivity contribution in [3.63, 3.8) is 0 Å². The Hall–Kier alpha value is -0.400. The molecule has 0 fully saturated rings. The molecule has 1 aromatic rings. The standard InChI is InChI=1S/C8H14BrN3O2S/c1-3-7(4-9)11-15(13,14)8-5-12(2)6-10-8/h5-7,11H,3-4H2,1-2H3. The fourth-order valence-electron chi connectivity index (χ4n) is 1.03. The molecule has 0 aliphatic carbocycles. The Morgan fingerprint density at radius 2 is 2.33 bits per heavy atom. The molecule has 86 valence electrons. The van der Waals surface area contributed by atoms with Crippen LogP contribution >= 0.6 is 15.9 Å². The SMILES string of the molecule is CCC(CBr)NS(=O)(=O)c1cn(C)cn1. The lowest BCUT2D eigenvalue weighted by Gasteiger charge is -2.12. The molecule has 0 bridgehead atoms. The van der Waals surface area contributed by atoms with Gasteiger partial charge in [0.05, 0.1) is 6.33 Å². The van der Waals surface area contributed by atoms with Crippen molar-refractivity contribution in [1.82, 2.24) is 14.3 Å². The monoisotopic (exact) mass is 295 g/mol. The first-order chi connectivity index (χ1) is 6.99. The van der Waals surface area contributed by atoms with Crippen LogP contribution in [0.2, 0.25) is 0 Å². The number of sulfonamides is 1. The Balaban J connectivity index is 2.84. The maximum absolute atomic E-state index is 11.8. The van der Waals surface area contributed by atoms with Gasteiger partial charge in [0, 0.05) is 24.6 Å². The molecule has 0 saturated carbocycles. The Morgan fingerprint density at radius 1 is 1.67 bits per heavy atom. The average Bonchev–Trinajstić information content (AvgIpc) is 2.62. The van der Waals surface area contributed by atoms with Crippen molar-refractivity contribution in [2.75, 3.05) is 5.33 Å². The lowest BCUT2D eigenvalue weighted by molar-refractivity contribution is 0.556. The predicted octanol–water partition coefficient (Wildman–Crippen LogP) is 0.872. The highest BCUT2D eigenvalue weighted by Crippen LogP contribution is 2.07. The van der Waals surface area contributed by atoms with Gasteiger partial charge in [0.25, 0.3) is 10.0 Å². The van der Waals surface area contributed by atoms with Gasteiger partial charge in [0.1, 0.15) is 0 Å². The van der Waals surface area contributed by atoms with Crippen LogP contribution in [0.15, 0.2) is 17.6 Å². The van der Waals surface area contributed by atoms with Gasteiger partial charge in [-0.05, 0) is 6.42 Å². The molecule has 0 spiro atoms. The molecule has 0 aromatic carbocycles. The van der Waals surface area contributed by atoms with E-state index >= 15 is 0 Å². The molecular weight excluding hydrogens is 282 g/mol. The van der Waals surface area contributed by atoms with E-state index in [0.717, 1.165) is 6.42 Å². The number of nitrogens with zero attached hydrogens (tertiary/aromatic N) is 2. The lowest BCUT2D eigenvalue weighted by atomic mass is 10.3. The predicted molar refractivity (Wildman–Crippen MR) is 61.4 cm³/mol. The van der Waals surface area contributed by atoms with Crippen LogP contribution in [0.25, 0.3) is 0 Å². The molecule has 1 unspecified atom stereocenters. The summed E-state index contributed by atoms with van der Waals surface area (Å²) < 4.78 is 27.7. The van der Waals surface area contributed by atoms with Crippen LogP contribution in [-0.2, 0) is 17.1 Å². The molecule has 7 heteroatoms. The molecule has 5 nitrogen and oxygen atoms in total. The summed E-state index contributed by atoms with van der Waals surface area (Å²) >= 11 is 3.25. The van der Waals surface area contributed by atoms with Gasteiger partial charge in [0.15, 0.2) is 5.03 Å². The van der Waals surface area contributed by atoms with Gasteiger partial charge < -0.3 is 4.57 Å². The maximum atomic E-state index is 11.8. The number of aromatic nitrogens is 2. The van der Waals surface area contributed by atoms with E-state index in [1.807, 2.05) is 6.92 Å². The summed E-state index contributed by atoms with van der Waals surface area (Å²) in [7, 11) is -1.74. The van der Waals surface area contributed by atoms with Crippen molar-refractivity contribution in [3.05, 3.63) is 12.5 Å². The summed E-state index contributed by atoms with van der Waals surface area (Å²) in [6, 6.07) is -0.1000. The molecule has 0 aliphatic rings. The minimum atomic E-state index is -3.47. The highest BCUT2D eigenvalue weighted by molar-refractivity contribution is 9.09. The zero-order valence-corrected chi connectivity index (χ0v) is 11.0. The molecule has 1 N–H and O–H groups in total. The van der Waals surface area contributed by atoms with Gasteiger partial charge in [-0.25, -0.2) is 18.1 Å². The molecule has 1 rings (SSSR count). The third-order valence-electron chi connectivity index (χ3n) is 1.96. The third kappa shape index (κ3) is 3.29. The molecular formula is C8H14BrN3O2S. The van der Waals surface area contributed by atoms with Crippen molar-refractivity contribution in [1.29, 1.82) is 0 Å². The fourth-order valence-corrected chi connectivity index (χ4v) is 3.17. The molecule has 1 atom stereocenters. The number of imidazole rings is 1. The maximum Gasteiger partial charge on any atom is 0.259 e. The summed E-state index contributed by atoms with van der Waals surface area (Å²) in [6.07, 6.45) is 3.67. The molecule has 0 saturated heterocycles. The summed E-state index contributed by atoms with van der Waals surface area (Å²) in [4.78, 5) is 3.81. The van der Waals surface area contributed by atoms with Crippen molar-refractivity contribution < 1.29 is 8.42 Å². The van der Waals surface area contributed by atoms with Crippen LogP contribution in [0.3, 0.4) is 0 Å². The topological polar surface area (TPSA) is 64.0 Å². The Labute approximate surface area is 98.1 Å². The van der Waals surface area contributed by atoms with E-state index < -0.39 is 10.0 Å². The number of alkyl halides is 1. The van der Waals surface area contributed by atoms with E-state index in [1.165, 1.54) is 12.5 Å². The number of rotatable bonds is 5. The summed E-state index contributed by atoms with van der Waals surface area (Å²) in [5.74, 6) is 0. The largest absolute Gasteiger partial charge is 0.339 e. The minimum absolute atomic E-state index is 0.0596. The molecule has 0 amide bonds. The second-order valence-electron chi connectivity index (χ2n) is 3.26. The normalized spacial score (nSPS) is 14.1. The quantitative estimate of drug-likeness (QED) is 0.820. The Kier molecular flexibility index (Phi) is 4.30. The van der Waals surface area contributed by atoms with Gasteiger partial charge in [-0.3, -0.25) is 0 Å². The zero-order valence-electron chi connectivity index (χ0n) is 8.64. The second kappa shape index (κ2) is 5.09. The molecule has 0 aliphatic heterocycles. The zero-order chi connectivity index (χ0) is 11.5. The van der Waals surface area contributed by atoms with E-state index in [9.17, 15) is 8.42 Å². The highest BCUT2D eigenvalue weighted by Gasteiger charge is 2.20. The smallest absolute Gasteiger partial charge is 0.259 e. The van der Waals surface area contributed by atoms with Gasteiger partial charge in [-0.1, -0.05) is 22.9 Å². The van der Waals surface area contributed by atoms with E-state index in [0.29, 0.717) is 5.33 Å². The number of aryl methyl sites for hydroxylation is 1. The number of halogens is 1. The van der Waals surface area contributed by atoms with E-state index in [-0.39, 0.29) is 11.1 Å². The summed E-state index contributed by atoms with van der Waals surface area (Å²) in [5.41, 5.74) is 0. The van der Waals surface area contributed by atoms with Gasteiger partial charge in [-0.2, -0.15) is 0 Å². The average molecular weight is 296 g/mol. The van der Waals surface area contributed by atoms with Gasteiger partial charge in [0.2, 0.25) is 0 Å². The number of nitrogens with one attached hydrogen (secondary N) is 1. The Bertz CT molecular complexity index is 411. The van der Waals surface area contributed by atoms with E-state index in [1.54, 1.807) is 11.6 Å². The van der Waals surface area contributed by atoms with Crippen molar-refractivity contribution >= 4 is 26.0 Å². The molecule has 15 heavy (non-hydrogen) atoms. The van der Waals surface area contributed by atoms with Crippen LogP contribution in [-0.4, -0.2) is 29.3 Å². The van der Waals surface area contributed by atoms with Crippen molar-refractivity contribution in [3.8, 4) is 0 Å². The minimum Gasteiger partial charge on any atom is -0.339 e. The molecule has 1 heterocycles. The molecule has 0 radical (unpaired) electrons. The fraction of sp³-hybridized carbons (Fsp3) is 0.625. The first kappa shape index (κ1) is 12.7. The van der Waals surface area contributed by atoms with E-state index in [4.69, 9.17) is 0 Å². The van der Waals surface area contributed by atoms with Crippen molar-refractivity contribution in [2.24, 2.45) is 7.05 Å². The first-order valence-corrected chi connectivity index (χ1v) is 7.16. The second-order valence-corrected chi connectivity index (χ2v) is 5.57. The highest BCUT2D eigenvalue weighted by atomic mass is 79.9. The van der Waals surface area contributed by atoms with Crippen LogP contribution < -0.4 is 4.72 Å². The van der Waals surface area contributed by atoms with Gasteiger partial charge in [-0.15, -0.1) is 0 Å². The van der Waals surface area contributed by atoms with Crippen LogP contribution in [0.5, 0.6) is 0 Å². The van der Waals surface area contributed by atoms with Crippen molar-refractivity contribution in [2.45, 2.75) is 24.4 Å². The van der Waals surface area contributed by atoms with Crippen LogP contribution in [0.1, 0.15) is 13.3 Å². The van der Waals surface area contributed by atoms with E-state index in [2.05, 4.69) is 25.6 Å². The number of hydrogen-bond donors (Lipinski definition) is 1. The molecule has 1 aromatic heterocycles. The van der Waals surface area contributed by atoms with Crippen LogP contribution in [0.4, 0.5) is 0 Å². The number of hydrogen-bond acceptors (Lipinski definition) is 3. The third-order valence-corrected chi connectivity index (χ3v) is 4.14. The van der Waals surface area contributed by atoms with Crippen LogP contribution in [0, 0.1) is 0 Å². The lowest BCUT2D eigenvalue weighted by Crippen LogP contribution is -2.35. The Morgan fingerprint density at radius 3 is 2.73 bits per heavy atom. The van der Waals surface area contributed by atoms with Gasteiger partial charge >= 0.3 is 0 Å². The summed E-state index contributed by atoms with van der Waals surface area (Å²) in [5, 5.41) is 0.652. The summed E-state index contributed by atoms with van der Waals surface area (Å²) in [6.45, 7) is 1.92. The first-order valence-electron chi connectivity index (χ1n) is 4.56.